The number of amides is 1. The summed E-state index contributed by atoms with van der Waals surface area (Å²) in [6.45, 7) is 3.24. The number of esters is 2. The van der Waals surface area contributed by atoms with Crippen LogP contribution in [-0.4, -0.2) is 37.5 Å². The highest BCUT2D eigenvalue weighted by Crippen LogP contribution is 2.38. The van der Waals surface area contributed by atoms with Gasteiger partial charge in [0.25, 0.3) is 5.91 Å². The molecule has 0 aliphatic heterocycles. The zero-order valence-corrected chi connectivity index (χ0v) is 33.7. The molecule has 58 heavy (non-hydrogen) atoms. The molecule has 0 saturated carbocycles. The van der Waals surface area contributed by atoms with Gasteiger partial charge in [0.15, 0.2) is 11.5 Å². The van der Waals surface area contributed by atoms with Gasteiger partial charge in [-0.15, -0.1) is 0 Å². The second-order valence-corrected chi connectivity index (χ2v) is 14.3. The second-order valence-electron chi connectivity index (χ2n) is 12.6. The van der Waals surface area contributed by atoms with Gasteiger partial charge in [0, 0.05) is 30.0 Å². The number of nitrogens with one attached hydrogen (secondary N) is 3. The topological polar surface area (TPSA) is 115 Å². The van der Waals surface area contributed by atoms with E-state index in [1.807, 2.05) is 13.8 Å². The van der Waals surface area contributed by atoms with Gasteiger partial charge in [0.2, 0.25) is 0 Å². The largest absolute Gasteiger partial charge is 0.486 e. The predicted octanol–water partition coefficient (Wildman–Crippen LogP) is 11.2. The Balaban J connectivity index is 1.31. The van der Waals surface area contributed by atoms with Gasteiger partial charge in [-0.1, -0.05) is 60.3 Å². The van der Waals surface area contributed by atoms with Crippen molar-refractivity contribution < 1.29 is 54.9 Å². The lowest BCUT2D eigenvalue weighted by Gasteiger charge is -2.15. The molecule has 4 aromatic carbocycles. The maximum absolute atomic E-state index is 13.5. The summed E-state index contributed by atoms with van der Waals surface area (Å²) in [5, 5.41) is 7.66. The Morgan fingerprint density at radius 3 is 1.43 bits per heavy atom. The van der Waals surface area contributed by atoms with E-state index in [9.17, 15) is 40.7 Å². The molecule has 0 unspecified atom stereocenters. The Labute approximate surface area is 349 Å². The molecule has 0 aliphatic rings. The van der Waals surface area contributed by atoms with Crippen LogP contribution < -0.4 is 25.4 Å². The molecule has 0 atom stereocenters. The first-order valence-corrected chi connectivity index (χ1v) is 18.9. The molecule has 4 aromatic rings. The minimum Gasteiger partial charge on any atom is -0.486 e. The Kier molecular flexibility index (Phi) is 16.2. The van der Waals surface area contributed by atoms with Gasteiger partial charge in [0.05, 0.1) is 37.6 Å². The molecular formula is C39H35Cl4F6N3O6. The SMILES string of the molecule is CCCNc1cc(COc2c(Cl)cc(CC(=O)OC(=O)CNC(=O)c3cc(Cl)c(OCc4cc(NCCC)cc(C(F)(F)F)c4)c(Cl)c3)cc2Cl)cc(C(F)(F)F)c1. The molecule has 0 fully saturated rings. The third-order valence-corrected chi connectivity index (χ3v) is 8.98. The van der Waals surface area contributed by atoms with Gasteiger partial charge in [0.1, 0.15) is 19.8 Å². The number of hydrogen-bond acceptors (Lipinski definition) is 8. The summed E-state index contributed by atoms with van der Waals surface area (Å²) in [4.78, 5) is 37.7. The van der Waals surface area contributed by atoms with Crippen LogP contribution in [0.4, 0.5) is 37.7 Å². The molecule has 9 nitrogen and oxygen atoms in total. The van der Waals surface area contributed by atoms with Crippen LogP contribution in [0.1, 0.15) is 64.9 Å². The van der Waals surface area contributed by atoms with Crippen LogP contribution in [0.15, 0.2) is 60.7 Å². The molecule has 19 heteroatoms. The fourth-order valence-corrected chi connectivity index (χ4v) is 6.47. The zero-order valence-electron chi connectivity index (χ0n) is 30.7. The monoisotopic (exact) mass is 895 g/mol. The maximum atomic E-state index is 13.5. The van der Waals surface area contributed by atoms with Crippen molar-refractivity contribution >= 4 is 75.6 Å². The number of carbonyl (C=O) groups is 3. The first-order valence-electron chi connectivity index (χ1n) is 17.4. The minimum absolute atomic E-state index is 0.0517. The van der Waals surface area contributed by atoms with Crippen molar-refractivity contribution in [2.75, 3.05) is 30.3 Å². The summed E-state index contributed by atoms with van der Waals surface area (Å²) < 4.78 is 96.9. The lowest BCUT2D eigenvalue weighted by atomic mass is 10.1. The molecule has 3 N–H and O–H groups in total. The predicted molar refractivity (Wildman–Crippen MR) is 209 cm³/mol. The maximum Gasteiger partial charge on any atom is 0.416 e. The molecule has 0 aromatic heterocycles. The summed E-state index contributed by atoms with van der Waals surface area (Å²) in [5.41, 5.74) is -0.769. The van der Waals surface area contributed by atoms with E-state index in [2.05, 4.69) is 16.0 Å². The normalized spacial score (nSPS) is 11.5. The van der Waals surface area contributed by atoms with Gasteiger partial charge in [-0.25, -0.2) is 4.79 Å². The van der Waals surface area contributed by atoms with E-state index in [0.717, 1.165) is 36.4 Å². The summed E-state index contributed by atoms with van der Waals surface area (Å²) in [6.07, 6.45) is -8.30. The van der Waals surface area contributed by atoms with Crippen molar-refractivity contribution in [2.45, 2.75) is 58.7 Å². The smallest absolute Gasteiger partial charge is 0.416 e. The van der Waals surface area contributed by atoms with Crippen molar-refractivity contribution in [1.82, 2.24) is 5.32 Å². The molecule has 0 bridgehead atoms. The minimum atomic E-state index is -4.60. The Morgan fingerprint density at radius 2 is 1.02 bits per heavy atom. The highest BCUT2D eigenvalue weighted by atomic mass is 35.5. The van der Waals surface area contributed by atoms with Crippen LogP contribution in [-0.2, 0) is 46.3 Å². The van der Waals surface area contributed by atoms with Crippen LogP contribution in [0.3, 0.4) is 0 Å². The number of hydrogen-bond donors (Lipinski definition) is 3. The van der Waals surface area contributed by atoms with E-state index in [-0.39, 0.29) is 78.4 Å². The van der Waals surface area contributed by atoms with Gasteiger partial charge in [-0.2, -0.15) is 26.3 Å². The number of rotatable bonds is 17. The lowest BCUT2D eigenvalue weighted by molar-refractivity contribution is -0.158. The Bertz CT molecular complexity index is 2090. The van der Waals surface area contributed by atoms with Crippen molar-refractivity contribution in [2.24, 2.45) is 0 Å². The number of ether oxygens (including phenoxy) is 3. The molecule has 1 amide bonds. The molecule has 0 heterocycles. The van der Waals surface area contributed by atoms with E-state index in [1.165, 1.54) is 24.3 Å². The third kappa shape index (κ3) is 13.5. The van der Waals surface area contributed by atoms with Crippen molar-refractivity contribution in [1.29, 1.82) is 0 Å². The van der Waals surface area contributed by atoms with E-state index in [1.54, 1.807) is 0 Å². The highest BCUT2D eigenvalue weighted by Gasteiger charge is 2.32. The van der Waals surface area contributed by atoms with Crippen LogP contribution in [0.5, 0.6) is 11.5 Å². The summed E-state index contributed by atoms with van der Waals surface area (Å²) in [6, 6.07) is 11.8. The molecule has 0 aliphatic carbocycles. The van der Waals surface area contributed by atoms with E-state index in [0.29, 0.717) is 25.9 Å². The number of anilines is 2. The fraction of sp³-hybridized carbons (Fsp3) is 0.308. The average Bonchev–Trinajstić information content (AvgIpc) is 3.13. The van der Waals surface area contributed by atoms with Crippen molar-refractivity contribution in [3.8, 4) is 11.5 Å². The zero-order chi connectivity index (χ0) is 42.8. The quantitative estimate of drug-likeness (QED) is 0.0545. The lowest BCUT2D eigenvalue weighted by Crippen LogP contribution is -2.32. The van der Waals surface area contributed by atoms with Gasteiger partial charge in [-0.3, -0.25) is 9.59 Å². The van der Waals surface area contributed by atoms with E-state index in [4.69, 9.17) is 60.6 Å². The average molecular weight is 898 g/mol. The van der Waals surface area contributed by atoms with Crippen LogP contribution in [0, 0.1) is 0 Å². The summed E-state index contributed by atoms with van der Waals surface area (Å²) in [5.74, 6) is -3.15. The number of benzene rings is 4. The van der Waals surface area contributed by atoms with Crippen molar-refractivity contribution in [3.63, 3.8) is 0 Å². The van der Waals surface area contributed by atoms with Crippen LogP contribution in [0.25, 0.3) is 0 Å². The van der Waals surface area contributed by atoms with Gasteiger partial charge < -0.3 is 30.2 Å². The van der Waals surface area contributed by atoms with Crippen LogP contribution >= 0.6 is 46.4 Å². The number of alkyl halides is 6. The summed E-state index contributed by atoms with van der Waals surface area (Å²) in [7, 11) is 0. The first kappa shape index (κ1) is 46.1. The highest BCUT2D eigenvalue weighted by molar-refractivity contribution is 6.38. The third-order valence-electron chi connectivity index (χ3n) is 7.85. The van der Waals surface area contributed by atoms with E-state index >= 15 is 0 Å². The molecule has 0 radical (unpaired) electrons. The van der Waals surface area contributed by atoms with Crippen molar-refractivity contribution in [3.05, 3.63) is 114 Å². The van der Waals surface area contributed by atoms with E-state index < -0.39 is 54.3 Å². The molecular weight excluding hydrogens is 862 g/mol. The second kappa shape index (κ2) is 20.4. The molecule has 0 saturated heterocycles. The molecule has 4 rings (SSSR count). The first-order chi connectivity index (χ1) is 27.3. The Hall–Kier alpha value is -4.57. The fourth-order valence-electron chi connectivity index (χ4n) is 5.23. The number of halogens is 10. The van der Waals surface area contributed by atoms with Gasteiger partial charge in [-0.05, 0) is 90.2 Å². The molecule has 312 valence electrons. The standard InChI is InChI=1S/C39H35Cl4F6N3O6/c1-3-5-50-27-9-22(7-25(16-27)38(44,45)46)19-56-35-29(40)11-21(12-30(35)41)13-33(53)58-34(54)18-52-37(55)24-14-31(42)36(32(43)15-24)57-20-23-8-26(39(47,48)49)17-28(10-23)51-6-4-2/h7-12,14-17,50-51H,3-6,13,18-20H2,1-2H3,(H,52,55). The Morgan fingerprint density at radius 1 is 0.586 bits per heavy atom. The van der Waals surface area contributed by atoms with Gasteiger partial charge >= 0.3 is 24.3 Å². The molecule has 0 spiro atoms. The number of carbonyl (C=O) groups excluding carboxylic acids is 3. The summed E-state index contributed by atoms with van der Waals surface area (Å²) >= 11 is 25.2. The van der Waals surface area contributed by atoms with Crippen LogP contribution in [0.2, 0.25) is 20.1 Å².